The van der Waals surface area contributed by atoms with Crippen molar-refractivity contribution in [2.45, 2.75) is 32.7 Å². The molecule has 1 rings (SSSR count). The summed E-state index contributed by atoms with van der Waals surface area (Å²) >= 11 is 0. The van der Waals surface area contributed by atoms with E-state index in [-0.39, 0.29) is 0 Å². The van der Waals surface area contributed by atoms with Crippen molar-refractivity contribution in [3.8, 4) is 0 Å². The first-order chi connectivity index (χ1) is 5.65. The summed E-state index contributed by atoms with van der Waals surface area (Å²) in [5.74, 6) is 6.85. The predicted octanol–water partition coefficient (Wildman–Crippen LogP) is 0.199. The van der Waals surface area contributed by atoms with Crippen LogP contribution in [0.15, 0.2) is 4.99 Å². The smallest absolute Gasteiger partial charge is 0.203 e. The number of hydrazine groups is 1. The van der Waals surface area contributed by atoms with E-state index in [1.54, 1.807) is 0 Å². The van der Waals surface area contributed by atoms with Crippen LogP contribution in [0.25, 0.3) is 0 Å². The van der Waals surface area contributed by atoms with Gasteiger partial charge in [0.15, 0.2) is 0 Å². The molecule has 0 aromatic heterocycles. The summed E-state index contributed by atoms with van der Waals surface area (Å²) in [6.45, 7) is 4.47. The van der Waals surface area contributed by atoms with E-state index in [1.165, 1.54) is 6.42 Å². The number of aliphatic imine (C=N–C) groups is 1. The fourth-order valence-corrected chi connectivity index (χ4v) is 1.74. The average molecular weight is 170 g/mol. The van der Waals surface area contributed by atoms with Crippen molar-refractivity contribution in [1.29, 1.82) is 0 Å². The summed E-state index contributed by atoms with van der Waals surface area (Å²) < 4.78 is 0. The Morgan fingerprint density at radius 1 is 1.42 bits per heavy atom. The maximum atomic E-state index is 5.47. The van der Waals surface area contributed by atoms with E-state index in [4.69, 9.17) is 11.6 Å². The van der Waals surface area contributed by atoms with Gasteiger partial charge in [0.2, 0.25) is 5.96 Å². The van der Waals surface area contributed by atoms with E-state index in [9.17, 15) is 0 Å². The molecular formula is C8H18N4. The normalized spacial score (nSPS) is 36.9. The molecule has 0 aromatic rings. The number of rotatable bonds is 1. The number of guanidine groups is 1. The van der Waals surface area contributed by atoms with Gasteiger partial charge < -0.3 is 5.73 Å². The van der Waals surface area contributed by atoms with Crippen molar-refractivity contribution in [3.05, 3.63) is 0 Å². The average Bonchev–Trinajstić information content (AvgIpc) is 2.36. The van der Waals surface area contributed by atoms with Crippen molar-refractivity contribution >= 4 is 5.96 Å². The molecule has 70 valence electrons. The zero-order valence-corrected chi connectivity index (χ0v) is 7.75. The van der Waals surface area contributed by atoms with Gasteiger partial charge in [-0.1, -0.05) is 13.8 Å². The Labute approximate surface area is 73.4 Å². The molecule has 0 spiro atoms. The largest absolute Gasteiger partial charge is 0.369 e. The van der Waals surface area contributed by atoms with Gasteiger partial charge in [-0.15, -0.1) is 0 Å². The van der Waals surface area contributed by atoms with Gasteiger partial charge in [0.1, 0.15) is 0 Å². The number of hydrogen-bond acceptors (Lipinski definition) is 2. The van der Waals surface area contributed by atoms with E-state index in [1.807, 2.05) is 0 Å². The Balaban J connectivity index is 2.54. The van der Waals surface area contributed by atoms with Crippen LogP contribution < -0.4 is 17.0 Å². The van der Waals surface area contributed by atoms with Crippen molar-refractivity contribution in [2.75, 3.05) is 0 Å². The highest BCUT2D eigenvalue weighted by Crippen LogP contribution is 2.33. The SMILES string of the molecule is CC1CCC(N=C(N)NN)C1C. The molecular weight excluding hydrogens is 152 g/mol. The lowest BCUT2D eigenvalue weighted by Gasteiger charge is -2.14. The monoisotopic (exact) mass is 170 g/mol. The van der Waals surface area contributed by atoms with Gasteiger partial charge in [0, 0.05) is 0 Å². The van der Waals surface area contributed by atoms with Gasteiger partial charge in [-0.3, -0.25) is 5.43 Å². The molecule has 1 aliphatic rings. The van der Waals surface area contributed by atoms with Gasteiger partial charge >= 0.3 is 0 Å². The molecule has 4 heteroatoms. The Bertz CT molecular complexity index is 178. The fraction of sp³-hybridized carbons (Fsp3) is 0.875. The van der Waals surface area contributed by atoms with E-state index >= 15 is 0 Å². The third-order valence-corrected chi connectivity index (χ3v) is 2.88. The summed E-state index contributed by atoms with van der Waals surface area (Å²) in [5, 5.41) is 0. The molecule has 4 nitrogen and oxygen atoms in total. The Kier molecular flexibility index (Phi) is 2.92. The van der Waals surface area contributed by atoms with E-state index in [2.05, 4.69) is 24.3 Å². The molecule has 1 aliphatic carbocycles. The first-order valence-corrected chi connectivity index (χ1v) is 4.45. The lowest BCUT2D eigenvalue weighted by molar-refractivity contribution is 0.423. The Morgan fingerprint density at radius 2 is 2.08 bits per heavy atom. The highest BCUT2D eigenvalue weighted by molar-refractivity contribution is 5.77. The van der Waals surface area contributed by atoms with Crippen molar-refractivity contribution < 1.29 is 0 Å². The van der Waals surface area contributed by atoms with Gasteiger partial charge in [-0.2, -0.15) is 0 Å². The maximum absolute atomic E-state index is 5.47. The molecule has 0 aromatic carbocycles. The second-order valence-electron chi connectivity index (χ2n) is 3.64. The van der Waals surface area contributed by atoms with Crippen LogP contribution in [0, 0.1) is 11.8 Å². The van der Waals surface area contributed by atoms with E-state index in [0.717, 1.165) is 12.3 Å². The fourth-order valence-electron chi connectivity index (χ4n) is 1.74. The van der Waals surface area contributed by atoms with Crippen LogP contribution in [0.1, 0.15) is 26.7 Å². The van der Waals surface area contributed by atoms with Crippen LogP contribution in [0.5, 0.6) is 0 Å². The number of hydrogen-bond donors (Lipinski definition) is 3. The summed E-state index contributed by atoms with van der Waals surface area (Å²) in [7, 11) is 0. The van der Waals surface area contributed by atoms with E-state index < -0.39 is 0 Å². The first-order valence-electron chi connectivity index (χ1n) is 4.45. The molecule has 3 unspecified atom stereocenters. The summed E-state index contributed by atoms with van der Waals surface area (Å²) in [6, 6.07) is 0.357. The molecule has 12 heavy (non-hydrogen) atoms. The molecule has 0 amide bonds. The molecule has 0 bridgehead atoms. The maximum Gasteiger partial charge on any atom is 0.203 e. The van der Waals surface area contributed by atoms with Gasteiger partial charge in [-0.25, -0.2) is 10.8 Å². The molecule has 0 aliphatic heterocycles. The summed E-state index contributed by atoms with van der Waals surface area (Å²) in [6.07, 6.45) is 2.37. The molecule has 1 saturated carbocycles. The summed E-state index contributed by atoms with van der Waals surface area (Å²) in [5.41, 5.74) is 7.83. The van der Waals surface area contributed by atoms with Crippen LogP contribution in [0.4, 0.5) is 0 Å². The third kappa shape index (κ3) is 1.88. The zero-order valence-electron chi connectivity index (χ0n) is 7.75. The molecule has 5 N–H and O–H groups in total. The van der Waals surface area contributed by atoms with E-state index in [0.29, 0.717) is 17.9 Å². The highest BCUT2D eigenvalue weighted by atomic mass is 15.3. The van der Waals surface area contributed by atoms with Crippen molar-refractivity contribution in [2.24, 2.45) is 28.4 Å². The standard InChI is InChI=1S/C8H18N4/c1-5-3-4-7(6(5)2)11-8(9)12-10/h5-7H,3-4,10H2,1-2H3,(H3,9,11,12). The van der Waals surface area contributed by atoms with Gasteiger partial charge in [-0.05, 0) is 24.7 Å². The Hall–Kier alpha value is -0.770. The van der Waals surface area contributed by atoms with Gasteiger partial charge in [0.25, 0.3) is 0 Å². The number of nitrogens with one attached hydrogen (secondary N) is 1. The predicted molar refractivity (Wildman–Crippen MR) is 50.3 cm³/mol. The number of nitrogens with two attached hydrogens (primary N) is 2. The minimum Gasteiger partial charge on any atom is -0.369 e. The van der Waals surface area contributed by atoms with Crippen molar-refractivity contribution in [1.82, 2.24) is 5.43 Å². The number of nitrogens with zero attached hydrogens (tertiary/aromatic N) is 1. The lowest BCUT2D eigenvalue weighted by Crippen LogP contribution is -2.38. The minimum atomic E-state index is 0.348. The molecule has 3 atom stereocenters. The topological polar surface area (TPSA) is 76.4 Å². The second-order valence-corrected chi connectivity index (χ2v) is 3.64. The highest BCUT2D eigenvalue weighted by Gasteiger charge is 2.29. The van der Waals surface area contributed by atoms with Crippen LogP contribution in [-0.2, 0) is 0 Å². The first kappa shape index (κ1) is 9.32. The third-order valence-electron chi connectivity index (χ3n) is 2.88. The minimum absolute atomic E-state index is 0.348. The second kappa shape index (κ2) is 3.76. The van der Waals surface area contributed by atoms with Gasteiger partial charge in [0.05, 0.1) is 6.04 Å². The van der Waals surface area contributed by atoms with Crippen LogP contribution >= 0.6 is 0 Å². The van der Waals surface area contributed by atoms with Crippen LogP contribution in [0.2, 0.25) is 0 Å². The molecule has 1 fully saturated rings. The zero-order chi connectivity index (χ0) is 9.14. The quantitative estimate of drug-likeness (QED) is 0.228. The lowest BCUT2D eigenvalue weighted by atomic mass is 9.98. The molecule has 0 saturated heterocycles. The van der Waals surface area contributed by atoms with Crippen LogP contribution in [-0.4, -0.2) is 12.0 Å². The molecule has 0 heterocycles. The van der Waals surface area contributed by atoms with Crippen LogP contribution in [0.3, 0.4) is 0 Å². The Morgan fingerprint density at radius 3 is 2.50 bits per heavy atom. The summed E-state index contributed by atoms with van der Waals surface area (Å²) in [4.78, 5) is 4.28. The molecule has 0 radical (unpaired) electrons. The van der Waals surface area contributed by atoms with Crippen molar-refractivity contribution in [3.63, 3.8) is 0 Å².